The summed E-state index contributed by atoms with van der Waals surface area (Å²) in [5, 5.41) is 5.22. The Bertz CT molecular complexity index is 963. The van der Waals surface area contributed by atoms with Crippen LogP contribution < -0.4 is 10.6 Å². The van der Waals surface area contributed by atoms with Crippen LogP contribution in [0.25, 0.3) is 0 Å². The number of nitrogens with one attached hydrogen (secondary N) is 2. The fourth-order valence-corrected chi connectivity index (χ4v) is 3.63. The van der Waals surface area contributed by atoms with E-state index >= 15 is 0 Å². The highest BCUT2D eigenvalue weighted by atomic mass is 32.2. The summed E-state index contributed by atoms with van der Waals surface area (Å²) in [5.41, 5.74) is 1.58. The monoisotopic (exact) mass is 428 g/mol. The molecule has 156 valence electrons. The van der Waals surface area contributed by atoms with Crippen LogP contribution in [0, 0.1) is 0 Å². The third kappa shape index (κ3) is 5.60. The fourth-order valence-electron chi connectivity index (χ4n) is 2.85. The summed E-state index contributed by atoms with van der Waals surface area (Å²) in [6, 6.07) is 13.0. The quantitative estimate of drug-likeness (QED) is 0.647. The molecule has 9 heteroatoms. The van der Waals surface area contributed by atoms with Crippen LogP contribution in [-0.4, -0.2) is 49.3 Å². The first-order valence-corrected chi connectivity index (χ1v) is 10.1. The SMILES string of the molecule is COC(=O)C(Cc1ccccc1)NC(=O)COC(=O)c1ccc2c(c1)NC(=O)CS2. The maximum Gasteiger partial charge on any atom is 0.338 e. The lowest BCUT2D eigenvalue weighted by atomic mass is 10.1. The number of benzene rings is 2. The summed E-state index contributed by atoms with van der Waals surface area (Å²) in [7, 11) is 1.24. The third-order valence-corrected chi connectivity index (χ3v) is 5.36. The zero-order valence-electron chi connectivity index (χ0n) is 16.2. The van der Waals surface area contributed by atoms with E-state index in [1.54, 1.807) is 12.1 Å². The molecule has 0 fully saturated rings. The number of fused-ring (bicyclic) bond motifs is 1. The normalized spacial score (nSPS) is 13.4. The lowest BCUT2D eigenvalue weighted by Crippen LogP contribution is -2.44. The van der Waals surface area contributed by atoms with Crippen molar-refractivity contribution < 1.29 is 28.7 Å². The first-order valence-electron chi connectivity index (χ1n) is 9.11. The van der Waals surface area contributed by atoms with Gasteiger partial charge in [-0.05, 0) is 23.8 Å². The second-order valence-electron chi connectivity index (χ2n) is 6.46. The number of carbonyl (C=O) groups excluding carboxylic acids is 4. The molecule has 0 spiro atoms. The Morgan fingerprint density at radius 1 is 1.17 bits per heavy atom. The minimum atomic E-state index is -0.903. The number of anilines is 1. The Kier molecular flexibility index (Phi) is 7.08. The second kappa shape index (κ2) is 9.93. The largest absolute Gasteiger partial charge is 0.467 e. The highest BCUT2D eigenvalue weighted by Gasteiger charge is 2.23. The molecule has 3 rings (SSSR count). The second-order valence-corrected chi connectivity index (χ2v) is 7.47. The molecule has 1 atom stereocenters. The maximum absolute atomic E-state index is 12.3. The van der Waals surface area contributed by atoms with Crippen molar-refractivity contribution in [1.82, 2.24) is 5.32 Å². The van der Waals surface area contributed by atoms with Crippen LogP contribution in [-0.2, 0) is 30.3 Å². The van der Waals surface area contributed by atoms with Crippen molar-refractivity contribution in [2.75, 3.05) is 24.8 Å². The molecule has 1 aliphatic heterocycles. The summed E-state index contributed by atoms with van der Waals surface area (Å²) in [4.78, 5) is 48.8. The van der Waals surface area contributed by atoms with Crippen LogP contribution in [0.1, 0.15) is 15.9 Å². The van der Waals surface area contributed by atoms with Gasteiger partial charge in [0.1, 0.15) is 6.04 Å². The molecule has 1 unspecified atom stereocenters. The van der Waals surface area contributed by atoms with Gasteiger partial charge in [-0.25, -0.2) is 9.59 Å². The molecule has 2 amide bonds. The molecule has 2 aromatic rings. The molecule has 0 bridgehead atoms. The summed E-state index contributed by atoms with van der Waals surface area (Å²) >= 11 is 1.38. The Balaban J connectivity index is 1.57. The van der Waals surface area contributed by atoms with Crippen molar-refractivity contribution in [3.05, 3.63) is 59.7 Å². The zero-order valence-corrected chi connectivity index (χ0v) is 17.0. The molecule has 8 nitrogen and oxygen atoms in total. The smallest absolute Gasteiger partial charge is 0.338 e. The Morgan fingerprint density at radius 2 is 1.93 bits per heavy atom. The van der Waals surface area contributed by atoms with Gasteiger partial charge in [0.2, 0.25) is 5.91 Å². The van der Waals surface area contributed by atoms with Gasteiger partial charge >= 0.3 is 11.9 Å². The average Bonchev–Trinajstić information content (AvgIpc) is 2.76. The van der Waals surface area contributed by atoms with Crippen molar-refractivity contribution in [3.63, 3.8) is 0 Å². The van der Waals surface area contributed by atoms with Crippen LogP contribution in [0.5, 0.6) is 0 Å². The molecule has 30 heavy (non-hydrogen) atoms. The minimum absolute atomic E-state index is 0.148. The molecule has 2 N–H and O–H groups in total. The van der Waals surface area contributed by atoms with Crippen molar-refractivity contribution >= 4 is 41.2 Å². The molecular formula is C21H20N2O6S. The number of amides is 2. The van der Waals surface area contributed by atoms with E-state index in [-0.39, 0.29) is 17.9 Å². The summed E-state index contributed by atoms with van der Waals surface area (Å²) in [5.74, 6) is -1.76. The zero-order chi connectivity index (χ0) is 21.5. The van der Waals surface area contributed by atoms with Gasteiger partial charge in [-0.1, -0.05) is 30.3 Å². The third-order valence-electron chi connectivity index (χ3n) is 4.29. The van der Waals surface area contributed by atoms with Gasteiger partial charge in [-0.2, -0.15) is 0 Å². The topological polar surface area (TPSA) is 111 Å². The van der Waals surface area contributed by atoms with E-state index in [0.29, 0.717) is 11.4 Å². The van der Waals surface area contributed by atoms with Crippen molar-refractivity contribution in [3.8, 4) is 0 Å². The standard InChI is InChI=1S/C21H20N2O6S/c1-28-21(27)16(9-13-5-3-2-4-6-13)23-18(24)11-29-20(26)14-7-8-17-15(10-14)22-19(25)12-30-17/h2-8,10,16H,9,11-12H2,1H3,(H,22,25)(H,23,24). The number of esters is 2. The predicted octanol–water partition coefficient (Wildman–Crippen LogP) is 1.79. The highest BCUT2D eigenvalue weighted by Crippen LogP contribution is 2.32. The van der Waals surface area contributed by atoms with Crippen molar-refractivity contribution in [2.45, 2.75) is 17.4 Å². The van der Waals surface area contributed by atoms with Gasteiger partial charge in [0.25, 0.3) is 5.91 Å². The average molecular weight is 428 g/mol. The molecular weight excluding hydrogens is 408 g/mol. The van der Waals surface area contributed by atoms with E-state index in [4.69, 9.17) is 9.47 Å². The maximum atomic E-state index is 12.3. The number of hydrogen-bond donors (Lipinski definition) is 2. The molecule has 1 aliphatic rings. The highest BCUT2D eigenvalue weighted by molar-refractivity contribution is 8.00. The van der Waals surface area contributed by atoms with Gasteiger partial charge < -0.3 is 20.1 Å². The summed E-state index contributed by atoms with van der Waals surface area (Å²) < 4.78 is 9.79. The van der Waals surface area contributed by atoms with Crippen LogP contribution >= 0.6 is 11.8 Å². The van der Waals surface area contributed by atoms with Crippen molar-refractivity contribution in [1.29, 1.82) is 0 Å². The van der Waals surface area contributed by atoms with E-state index in [2.05, 4.69) is 10.6 Å². The van der Waals surface area contributed by atoms with Crippen LogP contribution in [0.3, 0.4) is 0 Å². The summed E-state index contributed by atoms with van der Waals surface area (Å²) in [6.07, 6.45) is 0.245. The molecule has 0 saturated heterocycles. The lowest BCUT2D eigenvalue weighted by Gasteiger charge is -2.17. The molecule has 0 aliphatic carbocycles. The summed E-state index contributed by atoms with van der Waals surface area (Å²) in [6.45, 7) is -0.556. The molecule has 2 aromatic carbocycles. The molecule has 0 aromatic heterocycles. The Hall–Kier alpha value is -3.33. The van der Waals surface area contributed by atoms with E-state index in [1.165, 1.54) is 24.9 Å². The van der Waals surface area contributed by atoms with Gasteiger partial charge in [-0.15, -0.1) is 11.8 Å². The van der Waals surface area contributed by atoms with E-state index in [0.717, 1.165) is 10.5 Å². The first-order chi connectivity index (χ1) is 14.5. The van der Waals surface area contributed by atoms with Gasteiger partial charge in [0, 0.05) is 11.3 Å². The van der Waals surface area contributed by atoms with Crippen LogP contribution in [0.2, 0.25) is 0 Å². The number of rotatable bonds is 7. The number of hydrogen-bond acceptors (Lipinski definition) is 7. The minimum Gasteiger partial charge on any atom is -0.467 e. The molecule has 1 heterocycles. The Morgan fingerprint density at radius 3 is 2.67 bits per heavy atom. The van der Waals surface area contributed by atoms with Gasteiger partial charge in [0.15, 0.2) is 6.61 Å². The van der Waals surface area contributed by atoms with E-state index < -0.39 is 30.5 Å². The number of thioether (sulfide) groups is 1. The number of ether oxygens (including phenoxy) is 2. The first kappa shape index (κ1) is 21.4. The fraction of sp³-hybridized carbons (Fsp3) is 0.238. The van der Waals surface area contributed by atoms with E-state index in [9.17, 15) is 19.2 Å². The van der Waals surface area contributed by atoms with Crippen molar-refractivity contribution in [2.24, 2.45) is 0 Å². The molecule has 0 radical (unpaired) electrons. The number of carbonyl (C=O) groups is 4. The lowest BCUT2D eigenvalue weighted by molar-refractivity contribution is -0.145. The van der Waals surface area contributed by atoms with Gasteiger partial charge in [0.05, 0.1) is 24.1 Å². The van der Waals surface area contributed by atoms with E-state index in [1.807, 2.05) is 30.3 Å². The van der Waals surface area contributed by atoms with Gasteiger partial charge in [-0.3, -0.25) is 9.59 Å². The molecule has 0 saturated carbocycles. The number of methoxy groups -OCH3 is 1. The van der Waals surface area contributed by atoms with Crippen LogP contribution in [0.15, 0.2) is 53.4 Å². The van der Waals surface area contributed by atoms with Crippen LogP contribution in [0.4, 0.5) is 5.69 Å². The Labute approximate surface area is 177 Å². The predicted molar refractivity (Wildman–Crippen MR) is 110 cm³/mol.